The molecule has 0 saturated heterocycles. The van der Waals surface area contributed by atoms with Gasteiger partial charge in [0.1, 0.15) is 0 Å². The third-order valence-electron chi connectivity index (χ3n) is 1.77. The highest BCUT2D eigenvalue weighted by Gasteiger charge is 1.98. The first-order chi connectivity index (χ1) is 6.29. The average molecular weight is 302 g/mol. The lowest BCUT2D eigenvalue weighted by Crippen LogP contribution is -1.85. The fraction of sp³-hybridized carbons (Fsp3) is 0.111. The molecule has 1 aromatic carbocycles. The lowest BCUT2D eigenvalue weighted by Gasteiger charge is -1.99. The predicted molar refractivity (Wildman–Crippen MR) is 59.9 cm³/mol. The van der Waals surface area contributed by atoms with Crippen LogP contribution in [0.5, 0.6) is 0 Å². The molecule has 0 bridgehead atoms. The van der Waals surface area contributed by atoms with E-state index in [0.29, 0.717) is 4.73 Å². The van der Waals surface area contributed by atoms with Gasteiger partial charge in [-0.3, -0.25) is 0 Å². The zero-order chi connectivity index (χ0) is 9.26. The molecule has 0 aliphatic heterocycles. The van der Waals surface area contributed by atoms with Gasteiger partial charge in [0.2, 0.25) is 0 Å². The van der Waals surface area contributed by atoms with Crippen molar-refractivity contribution < 1.29 is 0 Å². The molecule has 2 nitrogen and oxygen atoms in total. The normalized spacial score (nSPS) is 10.6. The van der Waals surface area contributed by atoms with Crippen molar-refractivity contribution in [1.82, 2.24) is 9.97 Å². The first-order valence-electron chi connectivity index (χ1n) is 3.77. The Hall–Kier alpha value is -0.480. The topological polar surface area (TPSA) is 25.8 Å². The van der Waals surface area contributed by atoms with Crippen molar-refractivity contribution in [2.75, 3.05) is 0 Å². The summed E-state index contributed by atoms with van der Waals surface area (Å²) < 4.78 is 0.631. The Morgan fingerprint density at radius 3 is 2.92 bits per heavy atom. The maximum atomic E-state index is 4.27. The van der Waals surface area contributed by atoms with E-state index < -0.39 is 0 Å². The monoisotopic (exact) mass is 300 g/mol. The van der Waals surface area contributed by atoms with Gasteiger partial charge in [-0.05, 0) is 27.6 Å². The molecule has 2 rings (SSSR count). The molecule has 13 heavy (non-hydrogen) atoms. The van der Waals surface area contributed by atoms with Gasteiger partial charge in [-0.25, -0.2) is 9.97 Å². The molecule has 0 unspecified atom stereocenters. The van der Waals surface area contributed by atoms with E-state index in [0.717, 1.165) is 16.2 Å². The first-order valence-corrected chi connectivity index (χ1v) is 5.68. The summed E-state index contributed by atoms with van der Waals surface area (Å²) in [6, 6.07) is 6.14. The van der Waals surface area contributed by atoms with Crippen LogP contribution in [0, 0.1) is 0 Å². The second-order valence-corrected chi connectivity index (χ2v) is 3.94. The number of nitrogens with zero attached hydrogens (tertiary/aromatic N) is 2. The van der Waals surface area contributed by atoms with E-state index in [2.05, 4.69) is 54.0 Å². The molecule has 0 spiro atoms. The molecule has 4 heteroatoms. The maximum Gasteiger partial charge on any atom is 0.197 e. The van der Waals surface area contributed by atoms with Gasteiger partial charge >= 0.3 is 0 Å². The van der Waals surface area contributed by atoms with Crippen LogP contribution in [0.2, 0.25) is 0 Å². The molecule has 0 aliphatic rings. The molecule has 0 amide bonds. The van der Waals surface area contributed by atoms with Crippen molar-refractivity contribution in [2.24, 2.45) is 0 Å². The SMILES string of the molecule is BrCc1ccc2cnc(Br)nc2c1. The molecule has 66 valence electrons. The zero-order valence-corrected chi connectivity index (χ0v) is 9.84. The third-order valence-corrected chi connectivity index (χ3v) is 2.80. The smallest absolute Gasteiger partial charge is 0.197 e. The lowest BCUT2D eigenvalue weighted by atomic mass is 10.2. The van der Waals surface area contributed by atoms with Gasteiger partial charge in [-0.2, -0.15) is 0 Å². The van der Waals surface area contributed by atoms with Gasteiger partial charge < -0.3 is 0 Å². The largest absolute Gasteiger partial charge is 0.230 e. The van der Waals surface area contributed by atoms with Crippen molar-refractivity contribution in [3.63, 3.8) is 0 Å². The lowest BCUT2D eigenvalue weighted by molar-refractivity contribution is 1.16. The summed E-state index contributed by atoms with van der Waals surface area (Å²) in [5, 5.41) is 1.91. The van der Waals surface area contributed by atoms with E-state index in [1.807, 2.05) is 12.3 Å². The number of benzene rings is 1. The highest BCUT2D eigenvalue weighted by atomic mass is 79.9. The number of halogens is 2. The Balaban J connectivity index is 2.68. The molecule has 0 atom stereocenters. The van der Waals surface area contributed by atoms with Crippen LogP contribution in [0.15, 0.2) is 29.1 Å². The van der Waals surface area contributed by atoms with Crippen LogP contribution in [-0.2, 0) is 5.33 Å². The van der Waals surface area contributed by atoms with E-state index in [4.69, 9.17) is 0 Å². The minimum Gasteiger partial charge on any atom is -0.230 e. The van der Waals surface area contributed by atoms with Crippen molar-refractivity contribution >= 4 is 42.8 Å². The highest BCUT2D eigenvalue weighted by Crippen LogP contribution is 2.16. The summed E-state index contributed by atoms with van der Waals surface area (Å²) in [6.07, 6.45) is 1.81. The summed E-state index contributed by atoms with van der Waals surface area (Å²) in [7, 11) is 0. The second-order valence-electron chi connectivity index (χ2n) is 2.67. The Morgan fingerprint density at radius 2 is 2.15 bits per heavy atom. The molecule has 0 N–H and O–H groups in total. The first kappa shape index (κ1) is 9.09. The van der Waals surface area contributed by atoms with Crippen LogP contribution in [0.25, 0.3) is 10.9 Å². The van der Waals surface area contributed by atoms with Crippen molar-refractivity contribution in [2.45, 2.75) is 5.33 Å². The van der Waals surface area contributed by atoms with Crippen LogP contribution in [-0.4, -0.2) is 9.97 Å². The van der Waals surface area contributed by atoms with Gasteiger partial charge in [0.25, 0.3) is 0 Å². The number of alkyl halides is 1. The quantitative estimate of drug-likeness (QED) is 0.597. The van der Waals surface area contributed by atoms with E-state index in [1.165, 1.54) is 5.56 Å². The van der Waals surface area contributed by atoms with Crippen molar-refractivity contribution in [3.05, 3.63) is 34.7 Å². The number of aromatic nitrogens is 2. The van der Waals surface area contributed by atoms with Gasteiger partial charge in [0.05, 0.1) is 5.52 Å². The van der Waals surface area contributed by atoms with Crippen molar-refractivity contribution in [1.29, 1.82) is 0 Å². The van der Waals surface area contributed by atoms with E-state index in [9.17, 15) is 0 Å². The molecule has 1 aromatic heterocycles. The maximum absolute atomic E-state index is 4.27. The zero-order valence-electron chi connectivity index (χ0n) is 6.67. The van der Waals surface area contributed by atoms with Gasteiger partial charge in [0, 0.05) is 16.9 Å². The van der Waals surface area contributed by atoms with Crippen LogP contribution in [0.4, 0.5) is 0 Å². The standard InChI is InChI=1S/C9H6Br2N2/c10-4-6-1-2-7-5-12-9(11)13-8(7)3-6/h1-3,5H,4H2. The van der Waals surface area contributed by atoms with Crippen LogP contribution in [0.1, 0.15) is 5.56 Å². The molecular formula is C9H6Br2N2. The Labute approximate surface area is 92.7 Å². The number of hydrogen-bond donors (Lipinski definition) is 0. The fourth-order valence-electron chi connectivity index (χ4n) is 1.13. The Morgan fingerprint density at radius 1 is 1.31 bits per heavy atom. The Bertz CT molecular complexity index is 443. The summed E-state index contributed by atoms with van der Waals surface area (Å²) in [6.45, 7) is 0. The molecule has 0 aliphatic carbocycles. The summed E-state index contributed by atoms with van der Waals surface area (Å²) >= 11 is 6.65. The minimum absolute atomic E-state index is 0.631. The predicted octanol–water partition coefficient (Wildman–Crippen LogP) is 3.29. The molecule has 0 radical (unpaired) electrons. The molecule has 0 fully saturated rings. The van der Waals surface area contributed by atoms with Gasteiger partial charge in [0.15, 0.2) is 4.73 Å². The second kappa shape index (κ2) is 3.72. The summed E-state index contributed by atoms with van der Waals surface area (Å²) in [5.41, 5.74) is 2.19. The minimum atomic E-state index is 0.631. The molecule has 0 saturated carbocycles. The number of hydrogen-bond acceptors (Lipinski definition) is 2. The van der Waals surface area contributed by atoms with Gasteiger partial charge in [-0.1, -0.05) is 28.1 Å². The van der Waals surface area contributed by atoms with Crippen molar-refractivity contribution in [3.8, 4) is 0 Å². The number of rotatable bonds is 1. The molecular weight excluding hydrogens is 296 g/mol. The van der Waals surface area contributed by atoms with Crippen LogP contribution >= 0.6 is 31.9 Å². The van der Waals surface area contributed by atoms with E-state index >= 15 is 0 Å². The Kier molecular flexibility index (Phi) is 2.60. The fourth-order valence-corrected chi connectivity index (χ4v) is 1.77. The van der Waals surface area contributed by atoms with Crippen LogP contribution < -0.4 is 0 Å². The van der Waals surface area contributed by atoms with E-state index in [1.54, 1.807) is 0 Å². The van der Waals surface area contributed by atoms with Gasteiger partial charge in [-0.15, -0.1) is 0 Å². The van der Waals surface area contributed by atoms with E-state index in [-0.39, 0.29) is 0 Å². The van der Waals surface area contributed by atoms with Crippen LogP contribution in [0.3, 0.4) is 0 Å². The third kappa shape index (κ3) is 1.89. The molecule has 2 aromatic rings. The summed E-state index contributed by atoms with van der Waals surface area (Å²) in [5.74, 6) is 0. The summed E-state index contributed by atoms with van der Waals surface area (Å²) in [4.78, 5) is 8.33. The molecule has 1 heterocycles. The number of fused-ring (bicyclic) bond motifs is 1. The average Bonchev–Trinajstić information content (AvgIpc) is 2.16. The highest BCUT2D eigenvalue weighted by molar-refractivity contribution is 9.10.